The van der Waals surface area contributed by atoms with Gasteiger partial charge in [0.05, 0.1) is 22.3 Å². The molecular formula is C11H8Cl2N2. The third-order valence-corrected chi connectivity index (χ3v) is 2.60. The van der Waals surface area contributed by atoms with Crippen LogP contribution in [-0.4, -0.2) is 9.97 Å². The van der Waals surface area contributed by atoms with Crippen molar-refractivity contribution in [3.8, 4) is 11.3 Å². The van der Waals surface area contributed by atoms with E-state index >= 15 is 0 Å². The largest absolute Gasteiger partial charge is 0.264 e. The molecule has 0 aromatic carbocycles. The zero-order chi connectivity index (χ0) is 10.7. The van der Waals surface area contributed by atoms with Crippen molar-refractivity contribution in [2.75, 3.05) is 0 Å². The third-order valence-electron chi connectivity index (χ3n) is 2.00. The van der Waals surface area contributed by atoms with E-state index in [1.165, 1.54) is 0 Å². The van der Waals surface area contributed by atoms with Gasteiger partial charge >= 0.3 is 0 Å². The molecule has 2 nitrogen and oxygen atoms in total. The topological polar surface area (TPSA) is 25.8 Å². The molecule has 0 saturated heterocycles. The average Bonchev–Trinajstić information content (AvgIpc) is 2.31. The van der Waals surface area contributed by atoms with E-state index in [0.717, 1.165) is 11.3 Å². The van der Waals surface area contributed by atoms with Crippen LogP contribution in [0.15, 0.2) is 36.7 Å². The molecule has 0 aliphatic carbocycles. The first kappa shape index (κ1) is 10.4. The summed E-state index contributed by atoms with van der Waals surface area (Å²) in [6.07, 6.45) is 3.48. The van der Waals surface area contributed by atoms with Gasteiger partial charge in [-0.25, -0.2) is 4.98 Å². The molecule has 0 amide bonds. The maximum Gasteiger partial charge on any atom is 0.0744 e. The molecule has 0 aliphatic heterocycles. The van der Waals surface area contributed by atoms with Crippen molar-refractivity contribution >= 4 is 23.2 Å². The van der Waals surface area contributed by atoms with Crippen molar-refractivity contribution in [2.24, 2.45) is 0 Å². The zero-order valence-corrected chi connectivity index (χ0v) is 9.33. The molecule has 0 unspecified atom stereocenters. The van der Waals surface area contributed by atoms with Crippen LogP contribution in [0.5, 0.6) is 0 Å². The number of rotatable bonds is 2. The standard InChI is InChI=1S/C11H8Cl2N2/c12-6-11-9(13)3-4-10(15-11)8-2-1-5-14-7-8/h1-5,7H,6H2. The van der Waals surface area contributed by atoms with Crippen LogP contribution in [0.25, 0.3) is 11.3 Å². The van der Waals surface area contributed by atoms with E-state index in [0.29, 0.717) is 16.6 Å². The summed E-state index contributed by atoms with van der Waals surface area (Å²) in [5.41, 5.74) is 2.49. The molecule has 15 heavy (non-hydrogen) atoms. The van der Waals surface area contributed by atoms with Gasteiger partial charge in [-0.15, -0.1) is 11.6 Å². The Kier molecular flexibility index (Phi) is 3.19. The number of nitrogens with zero attached hydrogens (tertiary/aromatic N) is 2. The number of pyridine rings is 2. The second-order valence-corrected chi connectivity index (χ2v) is 3.67. The normalized spacial score (nSPS) is 10.3. The summed E-state index contributed by atoms with van der Waals surface area (Å²) in [5.74, 6) is 0.312. The SMILES string of the molecule is ClCc1nc(-c2cccnc2)ccc1Cl. The van der Waals surface area contributed by atoms with Gasteiger partial charge in [0.1, 0.15) is 0 Å². The summed E-state index contributed by atoms with van der Waals surface area (Å²) in [7, 11) is 0. The van der Waals surface area contributed by atoms with Crippen LogP contribution in [0.1, 0.15) is 5.69 Å². The quantitative estimate of drug-likeness (QED) is 0.749. The molecule has 2 rings (SSSR count). The molecule has 2 aromatic rings. The van der Waals surface area contributed by atoms with Gasteiger partial charge in [0, 0.05) is 18.0 Å². The molecule has 0 N–H and O–H groups in total. The fraction of sp³-hybridized carbons (Fsp3) is 0.0909. The number of hydrogen-bond acceptors (Lipinski definition) is 2. The molecule has 0 bridgehead atoms. The van der Waals surface area contributed by atoms with Gasteiger partial charge < -0.3 is 0 Å². The lowest BCUT2D eigenvalue weighted by atomic mass is 10.2. The number of halogens is 2. The van der Waals surface area contributed by atoms with E-state index in [1.807, 2.05) is 18.2 Å². The van der Waals surface area contributed by atoms with Crippen LogP contribution >= 0.6 is 23.2 Å². The molecule has 76 valence electrons. The Morgan fingerprint density at radius 1 is 1.20 bits per heavy atom. The summed E-state index contributed by atoms with van der Waals surface area (Å²) in [6, 6.07) is 7.47. The lowest BCUT2D eigenvalue weighted by molar-refractivity contribution is 1.17. The van der Waals surface area contributed by atoms with Crippen molar-refractivity contribution in [3.63, 3.8) is 0 Å². The van der Waals surface area contributed by atoms with E-state index in [9.17, 15) is 0 Å². The molecule has 0 atom stereocenters. The molecule has 2 aromatic heterocycles. The molecule has 0 radical (unpaired) electrons. The van der Waals surface area contributed by atoms with Gasteiger partial charge in [-0.2, -0.15) is 0 Å². The van der Waals surface area contributed by atoms with E-state index in [1.54, 1.807) is 18.5 Å². The molecular weight excluding hydrogens is 231 g/mol. The Balaban J connectivity index is 2.46. The van der Waals surface area contributed by atoms with Gasteiger partial charge in [0.2, 0.25) is 0 Å². The molecule has 0 spiro atoms. The fourth-order valence-electron chi connectivity index (χ4n) is 1.25. The highest BCUT2D eigenvalue weighted by Gasteiger charge is 2.04. The number of alkyl halides is 1. The highest BCUT2D eigenvalue weighted by Crippen LogP contribution is 2.21. The lowest BCUT2D eigenvalue weighted by Gasteiger charge is -2.03. The van der Waals surface area contributed by atoms with Crippen molar-refractivity contribution in [1.82, 2.24) is 9.97 Å². The Morgan fingerprint density at radius 3 is 2.73 bits per heavy atom. The molecule has 4 heteroatoms. The van der Waals surface area contributed by atoms with E-state index in [2.05, 4.69) is 9.97 Å². The summed E-state index contributed by atoms with van der Waals surface area (Å²) in [6.45, 7) is 0. The summed E-state index contributed by atoms with van der Waals surface area (Å²) in [4.78, 5) is 8.39. The molecule has 0 aliphatic rings. The maximum atomic E-state index is 5.92. The van der Waals surface area contributed by atoms with Crippen molar-refractivity contribution < 1.29 is 0 Å². The van der Waals surface area contributed by atoms with E-state index in [4.69, 9.17) is 23.2 Å². The molecule has 0 saturated carbocycles. The van der Waals surface area contributed by atoms with Gasteiger partial charge in [-0.3, -0.25) is 4.98 Å². The van der Waals surface area contributed by atoms with E-state index < -0.39 is 0 Å². The second-order valence-electron chi connectivity index (χ2n) is 3.00. The first-order valence-corrected chi connectivity index (χ1v) is 5.34. The monoisotopic (exact) mass is 238 g/mol. The lowest BCUT2D eigenvalue weighted by Crippen LogP contribution is -1.90. The minimum Gasteiger partial charge on any atom is -0.264 e. The van der Waals surface area contributed by atoms with Crippen LogP contribution in [-0.2, 0) is 5.88 Å². The van der Waals surface area contributed by atoms with Crippen LogP contribution in [0.3, 0.4) is 0 Å². The Hall–Kier alpha value is -1.12. The average molecular weight is 239 g/mol. The van der Waals surface area contributed by atoms with Gasteiger partial charge in [0.25, 0.3) is 0 Å². The first-order chi connectivity index (χ1) is 7.31. The fourth-order valence-corrected chi connectivity index (χ4v) is 1.70. The van der Waals surface area contributed by atoms with Crippen molar-refractivity contribution in [2.45, 2.75) is 5.88 Å². The summed E-state index contributed by atoms with van der Waals surface area (Å²) in [5, 5.41) is 0.595. The van der Waals surface area contributed by atoms with Gasteiger partial charge in [0.15, 0.2) is 0 Å². The Morgan fingerprint density at radius 2 is 2.07 bits per heavy atom. The first-order valence-electron chi connectivity index (χ1n) is 4.43. The summed E-state index contributed by atoms with van der Waals surface area (Å²) >= 11 is 11.7. The zero-order valence-electron chi connectivity index (χ0n) is 7.82. The van der Waals surface area contributed by atoms with Crippen LogP contribution in [0.2, 0.25) is 5.02 Å². The van der Waals surface area contributed by atoms with Crippen molar-refractivity contribution in [3.05, 3.63) is 47.4 Å². The minimum atomic E-state index is 0.312. The Bertz CT molecular complexity index is 457. The molecule has 2 heterocycles. The van der Waals surface area contributed by atoms with Gasteiger partial charge in [-0.1, -0.05) is 11.6 Å². The maximum absolute atomic E-state index is 5.92. The van der Waals surface area contributed by atoms with Crippen LogP contribution < -0.4 is 0 Å². The van der Waals surface area contributed by atoms with E-state index in [-0.39, 0.29) is 0 Å². The third kappa shape index (κ3) is 2.28. The van der Waals surface area contributed by atoms with Crippen LogP contribution in [0.4, 0.5) is 0 Å². The van der Waals surface area contributed by atoms with Crippen LogP contribution in [0, 0.1) is 0 Å². The summed E-state index contributed by atoms with van der Waals surface area (Å²) < 4.78 is 0. The second kappa shape index (κ2) is 4.60. The van der Waals surface area contributed by atoms with Gasteiger partial charge in [-0.05, 0) is 24.3 Å². The predicted octanol–water partition coefficient (Wildman–Crippen LogP) is 3.54. The minimum absolute atomic E-state index is 0.312. The molecule has 0 fully saturated rings. The smallest absolute Gasteiger partial charge is 0.0744 e. The highest BCUT2D eigenvalue weighted by molar-refractivity contribution is 6.32. The predicted molar refractivity (Wildman–Crippen MR) is 62.0 cm³/mol. The Labute approximate surface area is 97.9 Å². The number of hydrogen-bond donors (Lipinski definition) is 0. The highest BCUT2D eigenvalue weighted by atomic mass is 35.5. The number of aromatic nitrogens is 2. The van der Waals surface area contributed by atoms with Crippen molar-refractivity contribution in [1.29, 1.82) is 0 Å².